The fraction of sp³-hybridized carbons (Fsp3) is 0.300. The third kappa shape index (κ3) is 5.19. The maximum Gasteiger partial charge on any atom is 0.416 e. The maximum absolute atomic E-state index is 13.4. The van der Waals surface area contributed by atoms with Crippen molar-refractivity contribution < 1.29 is 37.0 Å². The van der Waals surface area contributed by atoms with E-state index in [4.69, 9.17) is 4.74 Å². The highest BCUT2D eigenvalue weighted by Crippen LogP contribution is 2.34. The van der Waals surface area contributed by atoms with Crippen molar-refractivity contribution in [1.82, 2.24) is 10.6 Å². The van der Waals surface area contributed by atoms with Crippen LogP contribution in [0.25, 0.3) is 0 Å². The Morgan fingerprint density at radius 3 is 2.70 bits per heavy atom. The van der Waals surface area contributed by atoms with Gasteiger partial charge in [-0.2, -0.15) is 13.2 Å². The van der Waals surface area contributed by atoms with Crippen LogP contribution in [0.4, 0.5) is 17.6 Å². The molecule has 160 valence electrons. The highest BCUT2D eigenvalue weighted by molar-refractivity contribution is 5.97. The van der Waals surface area contributed by atoms with Gasteiger partial charge in [-0.25, -0.2) is 4.39 Å². The summed E-state index contributed by atoms with van der Waals surface area (Å²) < 4.78 is 58.1. The lowest BCUT2D eigenvalue weighted by molar-refractivity contribution is -0.137. The number of alkyl halides is 3. The number of phenols is 1. The Bertz CT molecular complexity index is 962. The molecule has 1 aliphatic heterocycles. The quantitative estimate of drug-likeness (QED) is 0.641. The third-order valence-electron chi connectivity index (χ3n) is 4.56. The van der Waals surface area contributed by atoms with E-state index in [-0.39, 0.29) is 35.0 Å². The summed E-state index contributed by atoms with van der Waals surface area (Å²) in [5.74, 6) is -2.29. The Balaban J connectivity index is 1.85. The number of piperidine rings is 1. The molecule has 2 aromatic rings. The van der Waals surface area contributed by atoms with E-state index in [1.54, 1.807) is 0 Å². The first-order valence-corrected chi connectivity index (χ1v) is 9.02. The second-order valence-electron chi connectivity index (χ2n) is 6.78. The molecule has 1 aliphatic rings. The van der Waals surface area contributed by atoms with Gasteiger partial charge < -0.3 is 20.5 Å². The average Bonchev–Trinajstić information content (AvgIpc) is 2.67. The first-order valence-electron chi connectivity index (χ1n) is 9.02. The fourth-order valence-corrected chi connectivity index (χ4v) is 3.00. The largest absolute Gasteiger partial charge is 0.508 e. The van der Waals surface area contributed by atoms with Crippen molar-refractivity contribution in [3.63, 3.8) is 0 Å². The van der Waals surface area contributed by atoms with E-state index in [1.807, 2.05) is 0 Å². The van der Waals surface area contributed by atoms with Gasteiger partial charge in [0.1, 0.15) is 23.9 Å². The predicted octanol–water partition coefficient (Wildman–Crippen LogP) is 3.14. The van der Waals surface area contributed by atoms with Gasteiger partial charge in [0.05, 0.1) is 11.1 Å². The molecule has 2 aromatic carbocycles. The van der Waals surface area contributed by atoms with Crippen molar-refractivity contribution in [3.05, 3.63) is 58.9 Å². The molecule has 0 radical (unpaired) electrons. The van der Waals surface area contributed by atoms with E-state index < -0.39 is 36.1 Å². The minimum atomic E-state index is -4.67. The minimum Gasteiger partial charge on any atom is -0.508 e. The number of benzene rings is 2. The highest BCUT2D eigenvalue weighted by Gasteiger charge is 2.32. The number of aromatic hydroxyl groups is 1. The molecule has 0 saturated carbocycles. The van der Waals surface area contributed by atoms with Crippen LogP contribution < -0.4 is 15.4 Å². The second-order valence-corrected chi connectivity index (χ2v) is 6.78. The van der Waals surface area contributed by atoms with Crippen molar-refractivity contribution in [2.24, 2.45) is 0 Å². The van der Waals surface area contributed by atoms with E-state index in [0.717, 1.165) is 30.3 Å². The van der Waals surface area contributed by atoms with E-state index in [0.29, 0.717) is 19.0 Å². The molecule has 0 bridgehead atoms. The van der Waals surface area contributed by atoms with Crippen LogP contribution in [0, 0.1) is 5.82 Å². The van der Waals surface area contributed by atoms with Crippen LogP contribution in [0.3, 0.4) is 0 Å². The van der Waals surface area contributed by atoms with Gasteiger partial charge in [-0.3, -0.25) is 9.59 Å². The SMILES string of the molecule is O=C1CC(NC(=O)c2ccc(C(F)(F)F)cc2OCc2cc(F)ccc2O)CCN1. The highest BCUT2D eigenvalue weighted by atomic mass is 19.4. The molecule has 30 heavy (non-hydrogen) atoms. The Morgan fingerprint density at radius 2 is 2.00 bits per heavy atom. The van der Waals surface area contributed by atoms with Gasteiger partial charge in [0.25, 0.3) is 5.91 Å². The summed E-state index contributed by atoms with van der Waals surface area (Å²) >= 11 is 0. The fourth-order valence-electron chi connectivity index (χ4n) is 3.00. The molecule has 1 saturated heterocycles. The lowest BCUT2D eigenvalue weighted by Gasteiger charge is -2.23. The number of hydrogen-bond acceptors (Lipinski definition) is 4. The van der Waals surface area contributed by atoms with Gasteiger partial charge in [0.2, 0.25) is 5.91 Å². The van der Waals surface area contributed by atoms with Gasteiger partial charge in [-0.05, 0) is 42.8 Å². The molecule has 0 spiro atoms. The van der Waals surface area contributed by atoms with E-state index >= 15 is 0 Å². The van der Waals surface area contributed by atoms with Crippen molar-refractivity contribution in [2.45, 2.75) is 31.7 Å². The summed E-state index contributed by atoms with van der Waals surface area (Å²) in [6.45, 7) is -0.0873. The number of halogens is 4. The van der Waals surface area contributed by atoms with Crippen LogP contribution in [0.1, 0.15) is 34.3 Å². The summed E-state index contributed by atoms with van der Waals surface area (Å²) in [5, 5.41) is 15.0. The standard InChI is InChI=1S/C20H18F4N2O4/c21-13-2-4-16(27)11(7-13)10-30-17-8-12(20(22,23)24)1-3-15(17)19(29)26-14-5-6-25-18(28)9-14/h1-4,7-8,14,27H,5-6,9-10H2,(H,25,28)(H,26,29). The first-order chi connectivity index (χ1) is 14.1. The number of carbonyl (C=O) groups excluding carboxylic acids is 2. The second kappa shape index (κ2) is 8.60. The lowest BCUT2D eigenvalue weighted by Crippen LogP contribution is -2.45. The van der Waals surface area contributed by atoms with Gasteiger partial charge in [0, 0.05) is 24.6 Å². The lowest BCUT2D eigenvalue weighted by atomic mass is 10.0. The first kappa shape index (κ1) is 21.4. The normalized spacial score (nSPS) is 16.7. The molecule has 1 atom stereocenters. The molecular formula is C20H18F4N2O4. The third-order valence-corrected chi connectivity index (χ3v) is 4.56. The van der Waals surface area contributed by atoms with Gasteiger partial charge in [0.15, 0.2) is 0 Å². The Kier molecular flexibility index (Phi) is 6.14. The molecule has 0 aromatic heterocycles. The molecule has 3 N–H and O–H groups in total. The number of amides is 2. The smallest absolute Gasteiger partial charge is 0.416 e. The van der Waals surface area contributed by atoms with Crippen LogP contribution in [0.5, 0.6) is 11.5 Å². The zero-order valence-electron chi connectivity index (χ0n) is 15.6. The molecule has 2 amide bonds. The van der Waals surface area contributed by atoms with Crippen LogP contribution in [-0.4, -0.2) is 29.5 Å². The van der Waals surface area contributed by atoms with E-state index in [9.17, 15) is 32.3 Å². The number of hydrogen-bond donors (Lipinski definition) is 3. The summed E-state index contributed by atoms with van der Waals surface area (Å²) in [5.41, 5.74) is -1.21. The van der Waals surface area contributed by atoms with Crippen molar-refractivity contribution in [3.8, 4) is 11.5 Å². The molecule has 6 nitrogen and oxygen atoms in total. The molecule has 10 heteroatoms. The number of rotatable bonds is 5. The topological polar surface area (TPSA) is 87.7 Å². The van der Waals surface area contributed by atoms with Gasteiger partial charge >= 0.3 is 6.18 Å². The zero-order valence-corrected chi connectivity index (χ0v) is 15.6. The average molecular weight is 426 g/mol. The van der Waals surface area contributed by atoms with E-state index in [2.05, 4.69) is 10.6 Å². The van der Waals surface area contributed by atoms with Crippen molar-refractivity contribution in [2.75, 3.05) is 6.54 Å². The molecule has 3 rings (SSSR count). The maximum atomic E-state index is 13.4. The molecular weight excluding hydrogens is 408 g/mol. The zero-order chi connectivity index (χ0) is 21.9. The Labute approximate surface area is 168 Å². The number of phenolic OH excluding ortho intramolecular Hbond substituents is 1. The Morgan fingerprint density at radius 1 is 1.23 bits per heavy atom. The van der Waals surface area contributed by atoms with E-state index in [1.165, 1.54) is 0 Å². The van der Waals surface area contributed by atoms with Crippen molar-refractivity contribution in [1.29, 1.82) is 0 Å². The molecule has 0 aliphatic carbocycles. The van der Waals surface area contributed by atoms with Crippen LogP contribution in [-0.2, 0) is 17.6 Å². The van der Waals surface area contributed by atoms with Gasteiger partial charge in [-0.1, -0.05) is 0 Å². The number of ether oxygens (including phenoxy) is 1. The van der Waals surface area contributed by atoms with Gasteiger partial charge in [-0.15, -0.1) is 0 Å². The number of nitrogens with one attached hydrogen (secondary N) is 2. The van der Waals surface area contributed by atoms with Crippen molar-refractivity contribution >= 4 is 11.8 Å². The van der Waals surface area contributed by atoms with Crippen LogP contribution in [0.15, 0.2) is 36.4 Å². The number of carbonyl (C=O) groups is 2. The molecule has 1 fully saturated rings. The predicted molar refractivity (Wildman–Crippen MR) is 97.3 cm³/mol. The summed E-state index contributed by atoms with van der Waals surface area (Å²) in [7, 11) is 0. The molecule has 1 heterocycles. The Hall–Kier alpha value is -3.30. The summed E-state index contributed by atoms with van der Waals surface area (Å²) in [6, 6.07) is 5.00. The molecule has 1 unspecified atom stereocenters. The minimum absolute atomic E-state index is 0.00252. The van der Waals surface area contributed by atoms with Crippen LogP contribution in [0.2, 0.25) is 0 Å². The monoisotopic (exact) mass is 426 g/mol. The van der Waals surface area contributed by atoms with Crippen LogP contribution >= 0.6 is 0 Å². The summed E-state index contributed by atoms with van der Waals surface area (Å²) in [6.07, 6.45) is -4.14. The summed E-state index contributed by atoms with van der Waals surface area (Å²) in [4.78, 5) is 24.1.